The molecule has 0 saturated carbocycles. The highest BCUT2D eigenvalue weighted by Gasteiger charge is 2.20. The number of aromatic nitrogens is 2. The van der Waals surface area contributed by atoms with Gasteiger partial charge in [0.15, 0.2) is 0 Å². The van der Waals surface area contributed by atoms with Gasteiger partial charge in [-0.2, -0.15) is 0 Å². The molecule has 1 amide bonds. The fourth-order valence-electron chi connectivity index (χ4n) is 2.18. The summed E-state index contributed by atoms with van der Waals surface area (Å²) in [5.41, 5.74) is 0.815. The molecule has 0 saturated heterocycles. The van der Waals surface area contributed by atoms with Crippen molar-refractivity contribution in [3.63, 3.8) is 0 Å². The Morgan fingerprint density at radius 2 is 2.10 bits per heavy atom. The van der Waals surface area contributed by atoms with E-state index < -0.39 is 0 Å². The van der Waals surface area contributed by atoms with Gasteiger partial charge in [0.25, 0.3) is 0 Å². The zero-order valence-corrected chi connectivity index (χ0v) is 12.3. The highest BCUT2D eigenvalue weighted by atomic mass is 19.1. The Balaban J connectivity index is 2.25. The molecule has 21 heavy (non-hydrogen) atoms. The molecule has 0 aliphatic heterocycles. The number of imidazole rings is 1. The van der Waals surface area contributed by atoms with Crippen molar-refractivity contribution in [1.29, 1.82) is 0 Å². The van der Waals surface area contributed by atoms with Gasteiger partial charge in [0, 0.05) is 25.9 Å². The number of amides is 1. The summed E-state index contributed by atoms with van der Waals surface area (Å²) in [7, 11) is 1.87. The minimum absolute atomic E-state index is 0.0193. The minimum atomic E-state index is -0.366. The molecular weight excluding hydrogens is 269 g/mol. The van der Waals surface area contributed by atoms with Crippen molar-refractivity contribution in [1.82, 2.24) is 14.9 Å². The topological polar surface area (TPSA) is 46.9 Å². The van der Waals surface area contributed by atoms with E-state index in [1.807, 2.05) is 24.7 Å². The molecule has 112 valence electrons. The van der Waals surface area contributed by atoms with Crippen LogP contribution in [0.15, 0.2) is 36.7 Å². The first kappa shape index (κ1) is 15.2. The van der Waals surface area contributed by atoms with Gasteiger partial charge < -0.3 is 9.88 Å². The Labute approximate surface area is 124 Å². The third-order valence-corrected chi connectivity index (χ3v) is 3.38. The standard InChI is InChI=1S/C16H20FN3O/c1-3-4-5-14(21)19-15(16-18-10-11-20(16)2)12-6-8-13(17)9-7-12/h6-11,15H,3-5H2,1-2H3,(H,19,21). The van der Waals surface area contributed by atoms with Gasteiger partial charge in [0.2, 0.25) is 5.91 Å². The molecule has 1 heterocycles. The molecule has 1 N–H and O–H groups in total. The first-order valence-corrected chi connectivity index (χ1v) is 7.14. The third-order valence-electron chi connectivity index (χ3n) is 3.38. The molecule has 0 fully saturated rings. The van der Waals surface area contributed by atoms with E-state index in [9.17, 15) is 9.18 Å². The summed E-state index contributed by atoms with van der Waals surface area (Å²) in [6.45, 7) is 2.05. The van der Waals surface area contributed by atoms with E-state index in [1.54, 1.807) is 18.3 Å². The lowest BCUT2D eigenvalue weighted by Crippen LogP contribution is -2.30. The number of nitrogens with zero attached hydrogens (tertiary/aromatic N) is 2. The minimum Gasteiger partial charge on any atom is -0.342 e. The Bertz CT molecular complexity index is 592. The van der Waals surface area contributed by atoms with Crippen LogP contribution in [0.25, 0.3) is 0 Å². The summed E-state index contributed by atoms with van der Waals surface area (Å²) in [5.74, 6) is 0.412. The number of hydrogen-bond acceptors (Lipinski definition) is 2. The molecule has 0 bridgehead atoms. The fraction of sp³-hybridized carbons (Fsp3) is 0.375. The number of unbranched alkanes of at least 4 members (excludes halogenated alkanes) is 1. The Morgan fingerprint density at radius 1 is 1.38 bits per heavy atom. The first-order chi connectivity index (χ1) is 10.1. The number of carbonyl (C=O) groups excluding carboxylic acids is 1. The van der Waals surface area contributed by atoms with Crippen LogP contribution in [0.5, 0.6) is 0 Å². The van der Waals surface area contributed by atoms with Crippen LogP contribution in [0, 0.1) is 5.82 Å². The average molecular weight is 289 g/mol. The number of halogens is 1. The normalized spacial score (nSPS) is 12.1. The second kappa shape index (κ2) is 7.02. The van der Waals surface area contributed by atoms with Crippen molar-refractivity contribution in [2.45, 2.75) is 32.2 Å². The Hall–Kier alpha value is -2.17. The van der Waals surface area contributed by atoms with E-state index in [4.69, 9.17) is 0 Å². The van der Waals surface area contributed by atoms with Gasteiger partial charge in [-0.25, -0.2) is 9.37 Å². The van der Waals surface area contributed by atoms with Crippen LogP contribution < -0.4 is 5.32 Å². The highest BCUT2D eigenvalue weighted by Crippen LogP contribution is 2.21. The maximum absolute atomic E-state index is 13.1. The van der Waals surface area contributed by atoms with Gasteiger partial charge in [-0.1, -0.05) is 25.5 Å². The van der Waals surface area contributed by atoms with Crippen molar-refractivity contribution in [2.24, 2.45) is 7.05 Å². The molecule has 1 unspecified atom stereocenters. The lowest BCUT2D eigenvalue weighted by molar-refractivity contribution is -0.121. The summed E-state index contributed by atoms with van der Waals surface area (Å²) in [4.78, 5) is 16.3. The first-order valence-electron chi connectivity index (χ1n) is 7.14. The van der Waals surface area contributed by atoms with Crippen molar-refractivity contribution < 1.29 is 9.18 Å². The molecule has 2 aromatic rings. The number of benzene rings is 1. The molecule has 0 aliphatic rings. The Kier molecular flexibility index (Phi) is 5.09. The monoisotopic (exact) mass is 289 g/mol. The van der Waals surface area contributed by atoms with E-state index >= 15 is 0 Å². The van der Waals surface area contributed by atoms with Crippen LogP contribution in [0.2, 0.25) is 0 Å². The van der Waals surface area contributed by atoms with Crippen LogP contribution in [-0.2, 0) is 11.8 Å². The second-order valence-corrected chi connectivity index (χ2v) is 5.05. The summed E-state index contributed by atoms with van der Waals surface area (Å²) in [6.07, 6.45) is 5.81. The van der Waals surface area contributed by atoms with Crippen molar-refractivity contribution in [3.8, 4) is 0 Å². The van der Waals surface area contributed by atoms with Crippen molar-refractivity contribution in [2.75, 3.05) is 0 Å². The molecular formula is C16H20FN3O. The van der Waals surface area contributed by atoms with Gasteiger partial charge in [-0.05, 0) is 24.1 Å². The zero-order chi connectivity index (χ0) is 15.2. The second-order valence-electron chi connectivity index (χ2n) is 5.05. The molecule has 5 heteroatoms. The number of nitrogens with one attached hydrogen (secondary N) is 1. The summed E-state index contributed by atoms with van der Waals surface area (Å²) in [6, 6.07) is 5.77. The van der Waals surface area contributed by atoms with Gasteiger partial charge in [-0.3, -0.25) is 4.79 Å². The van der Waals surface area contributed by atoms with Crippen LogP contribution in [0.4, 0.5) is 4.39 Å². The lowest BCUT2D eigenvalue weighted by Gasteiger charge is -2.19. The van der Waals surface area contributed by atoms with Gasteiger partial charge in [-0.15, -0.1) is 0 Å². The summed E-state index contributed by atoms with van der Waals surface area (Å²) >= 11 is 0. The molecule has 0 aliphatic carbocycles. The SMILES string of the molecule is CCCCC(=O)NC(c1ccc(F)cc1)c1nccn1C. The van der Waals surface area contributed by atoms with E-state index in [0.29, 0.717) is 6.42 Å². The number of aryl methyl sites for hydroxylation is 1. The molecule has 0 spiro atoms. The smallest absolute Gasteiger partial charge is 0.220 e. The van der Waals surface area contributed by atoms with E-state index in [0.717, 1.165) is 24.2 Å². The van der Waals surface area contributed by atoms with Crippen LogP contribution in [0.3, 0.4) is 0 Å². The zero-order valence-electron chi connectivity index (χ0n) is 12.3. The molecule has 0 radical (unpaired) electrons. The number of hydrogen-bond donors (Lipinski definition) is 1. The molecule has 1 aromatic heterocycles. The summed E-state index contributed by atoms with van der Waals surface area (Å²) < 4.78 is 14.9. The van der Waals surface area contributed by atoms with E-state index in [-0.39, 0.29) is 17.8 Å². The van der Waals surface area contributed by atoms with Crippen molar-refractivity contribution in [3.05, 3.63) is 53.9 Å². The third kappa shape index (κ3) is 3.90. The molecule has 2 rings (SSSR count). The van der Waals surface area contributed by atoms with Crippen LogP contribution in [-0.4, -0.2) is 15.5 Å². The lowest BCUT2D eigenvalue weighted by atomic mass is 10.1. The van der Waals surface area contributed by atoms with Gasteiger partial charge in [0.1, 0.15) is 17.7 Å². The maximum Gasteiger partial charge on any atom is 0.220 e. The molecule has 1 atom stereocenters. The number of rotatable bonds is 6. The van der Waals surface area contributed by atoms with Crippen LogP contribution >= 0.6 is 0 Å². The van der Waals surface area contributed by atoms with Crippen molar-refractivity contribution >= 4 is 5.91 Å². The predicted molar refractivity (Wildman–Crippen MR) is 79.1 cm³/mol. The predicted octanol–water partition coefficient (Wildman–Crippen LogP) is 2.96. The molecule has 1 aromatic carbocycles. The fourth-order valence-corrected chi connectivity index (χ4v) is 2.18. The molecule has 4 nitrogen and oxygen atoms in total. The Morgan fingerprint density at radius 3 is 2.67 bits per heavy atom. The number of carbonyl (C=O) groups is 1. The largest absolute Gasteiger partial charge is 0.342 e. The van der Waals surface area contributed by atoms with Crippen LogP contribution in [0.1, 0.15) is 43.6 Å². The van der Waals surface area contributed by atoms with Gasteiger partial charge >= 0.3 is 0 Å². The average Bonchev–Trinajstić information content (AvgIpc) is 2.89. The van der Waals surface area contributed by atoms with E-state index in [1.165, 1.54) is 12.1 Å². The van der Waals surface area contributed by atoms with E-state index in [2.05, 4.69) is 10.3 Å². The maximum atomic E-state index is 13.1. The highest BCUT2D eigenvalue weighted by molar-refractivity contribution is 5.76. The van der Waals surface area contributed by atoms with Gasteiger partial charge in [0.05, 0.1) is 0 Å². The summed E-state index contributed by atoms with van der Waals surface area (Å²) in [5, 5.41) is 2.99. The quantitative estimate of drug-likeness (QED) is 0.888.